The number of anilines is 1. The van der Waals surface area contributed by atoms with Crippen molar-refractivity contribution < 1.29 is 14.0 Å². The van der Waals surface area contributed by atoms with Gasteiger partial charge in [-0.3, -0.25) is 9.59 Å². The van der Waals surface area contributed by atoms with Gasteiger partial charge in [0, 0.05) is 10.5 Å². The summed E-state index contributed by atoms with van der Waals surface area (Å²) in [6.07, 6.45) is 3.42. The zero-order chi connectivity index (χ0) is 18.6. The summed E-state index contributed by atoms with van der Waals surface area (Å²) in [7, 11) is 0. The fourth-order valence-corrected chi connectivity index (χ4v) is 3.62. The normalized spacial score (nSPS) is 14.5. The number of benzene rings is 2. The molecule has 3 aromatic rings. The molecule has 0 saturated heterocycles. The summed E-state index contributed by atoms with van der Waals surface area (Å²) in [6.45, 7) is 0.313. The van der Waals surface area contributed by atoms with Gasteiger partial charge in [-0.25, -0.2) is 0 Å². The van der Waals surface area contributed by atoms with Gasteiger partial charge in [0.1, 0.15) is 5.76 Å². The van der Waals surface area contributed by atoms with Gasteiger partial charge in [-0.05, 0) is 42.0 Å². The molecule has 1 aliphatic rings. The van der Waals surface area contributed by atoms with Gasteiger partial charge in [-0.2, -0.15) is 0 Å². The van der Waals surface area contributed by atoms with Gasteiger partial charge in [0.25, 0.3) is 11.8 Å². The van der Waals surface area contributed by atoms with Gasteiger partial charge in [0.05, 0.1) is 23.4 Å². The van der Waals surface area contributed by atoms with E-state index >= 15 is 0 Å². The number of carbonyl (C=O) groups is 2. The lowest BCUT2D eigenvalue weighted by atomic mass is 10.1. The van der Waals surface area contributed by atoms with E-state index in [0.717, 1.165) is 10.5 Å². The fraction of sp³-hybridized carbons (Fsp3) is 0.0476. The number of furan rings is 1. The van der Waals surface area contributed by atoms with E-state index in [9.17, 15) is 9.59 Å². The maximum Gasteiger partial charge on any atom is 0.262 e. The van der Waals surface area contributed by atoms with E-state index < -0.39 is 0 Å². The lowest BCUT2D eigenvalue weighted by Gasteiger charge is -2.19. The summed E-state index contributed by atoms with van der Waals surface area (Å²) >= 11 is 1.39. The minimum absolute atomic E-state index is 0.176. The van der Waals surface area contributed by atoms with Crippen molar-refractivity contribution in [2.45, 2.75) is 11.4 Å². The quantitative estimate of drug-likeness (QED) is 0.666. The Morgan fingerprint density at radius 2 is 1.96 bits per heavy atom. The number of thioether (sulfide) groups is 1. The van der Waals surface area contributed by atoms with E-state index in [4.69, 9.17) is 4.42 Å². The molecule has 134 valence electrons. The highest BCUT2D eigenvalue weighted by Gasteiger charge is 2.22. The molecule has 2 heterocycles. The summed E-state index contributed by atoms with van der Waals surface area (Å²) < 4.78 is 5.20. The van der Waals surface area contributed by atoms with E-state index in [2.05, 4.69) is 10.6 Å². The molecule has 0 aliphatic carbocycles. The van der Waals surface area contributed by atoms with Gasteiger partial charge >= 0.3 is 0 Å². The van der Waals surface area contributed by atoms with Crippen LogP contribution in [0.4, 0.5) is 5.69 Å². The number of hydrogen-bond donors (Lipinski definition) is 2. The number of rotatable bonds is 4. The van der Waals surface area contributed by atoms with Crippen molar-refractivity contribution in [1.29, 1.82) is 0 Å². The Bertz CT molecular complexity index is 1010. The molecule has 0 atom stereocenters. The Kier molecular flexibility index (Phi) is 4.80. The molecular weight excluding hydrogens is 360 g/mol. The number of amides is 2. The monoisotopic (exact) mass is 376 g/mol. The first-order valence-corrected chi connectivity index (χ1v) is 9.21. The van der Waals surface area contributed by atoms with Crippen LogP contribution < -0.4 is 10.6 Å². The van der Waals surface area contributed by atoms with Crippen molar-refractivity contribution in [3.05, 3.63) is 88.7 Å². The van der Waals surface area contributed by atoms with Crippen LogP contribution in [0, 0.1) is 0 Å². The lowest BCUT2D eigenvalue weighted by molar-refractivity contribution is -0.112. The Labute approximate surface area is 160 Å². The van der Waals surface area contributed by atoms with Gasteiger partial charge in [-0.15, -0.1) is 0 Å². The first-order chi connectivity index (χ1) is 13.2. The van der Waals surface area contributed by atoms with Gasteiger partial charge in [0.15, 0.2) is 0 Å². The molecule has 5 nitrogen and oxygen atoms in total. The highest BCUT2D eigenvalue weighted by Crippen LogP contribution is 2.39. The minimum Gasteiger partial charge on any atom is -0.467 e. The molecule has 2 amide bonds. The van der Waals surface area contributed by atoms with Crippen molar-refractivity contribution in [3.63, 3.8) is 0 Å². The SMILES string of the molecule is O=C1Nc2cc(C(=O)NCc3ccco3)ccc2S/C1=C/c1ccccc1. The smallest absolute Gasteiger partial charge is 0.262 e. The Morgan fingerprint density at radius 1 is 1.11 bits per heavy atom. The first kappa shape index (κ1) is 17.2. The summed E-state index contributed by atoms with van der Waals surface area (Å²) in [4.78, 5) is 26.3. The average Bonchev–Trinajstić information content (AvgIpc) is 3.21. The van der Waals surface area contributed by atoms with E-state index in [1.165, 1.54) is 11.8 Å². The van der Waals surface area contributed by atoms with Crippen LogP contribution in [0.2, 0.25) is 0 Å². The molecule has 2 aromatic carbocycles. The van der Waals surface area contributed by atoms with E-state index in [1.807, 2.05) is 42.5 Å². The molecule has 0 saturated carbocycles. The number of carbonyl (C=O) groups excluding carboxylic acids is 2. The standard InChI is InChI=1S/C21H16N2O3S/c24-20(22-13-16-7-4-10-26-16)15-8-9-18-17(12-15)23-21(25)19(27-18)11-14-5-2-1-3-6-14/h1-12H,13H2,(H,22,24)(H,23,25)/b19-11+. The van der Waals surface area contributed by atoms with Crippen LogP contribution in [0.3, 0.4) is 0 Å². The maximum absolute atomic E-state index is 12.4. The molecule has 0 fully saturated rings. The van der Waals surface area contributed by atoms with Crippen molar-refractivity contribution in [2.75, 3.05) is 5.32 Å². The summed E-state index contributed by atoms with van der Waals surface area (Å²) in [5.74, 6) is 0.282. The van der Waals surface area contributed by atoms with Crippen LogP contribution in [0.15, 0.2) is 81.1 Å². The van der Waals surface area contributed by atoms with Crippen LogP contribution in [-0.4, -0.2) is 11.8 Å². The summed E-state index contributed by atoms with van der Waals surface area (Å²) in [5.41, 5.74) is 2.09. The molecule has 0 unspecified atom stereocenters. The summed E-state index contributed by atoms with van der Waals surface area (Å²) in [5, 5.41) is 5.67. The van der Waals surface area contributed by atoms with Crippen molar-refractivity contribution in [2.24, 2.45) is 0 Å². The second kappa shape index (κ2) is 7.55. The third-order valence-corrected chi connectivity index (χ3v) is 5.13. The largest absolute Gasteiger partial charge is 0.467 e. The van der Waals surface area contributed by atoms with Crippen LogP contribution in [0.25, 0.3) is 6.08 Å². The maximum atomic E-state index is 12.4. The van der Waals surface area contributed by atoms with Crippen LogP contribution in [0.5, 0.6) is 0 Å². The highest BCUT2D eigenvalue weighted by molar-refractivity contribution is 8.04. The second-order valence-corrected chi connectivity index (χ2v) is 7.03. The molecule has 0 bridgehead atoms. The van der Waals surface area contributed by atoms with Gasteiger partial charge in [-0.1, -0.05) is 42.1 Å². The zero-order valence-corrected chi connectivity index (χ0v) is 15.1. The van der Waals surface area contributed by atoms with Gasteiger partial charge < -0.3 is 15.1 Å². The van der Waals surface area contributed by atoms with Crippen LogP contribution in [0.1, 0.15) is 21.7 Å². The first-order valence-electron chi connectivity index (χ1n) is 8.39. The lowest BCUT2D eigenvalue weighted by Crippen LogP contribution is -2.23. The Hall–Kier alpha value is -3.25. The highest BCUT2D eigenvalue weighted by atomic mass is 32.2. The molecular formula is C21H16N2O3S. The molecule has 27 heavy (non-hydrogen) atoms. The predicted molar refractivity (Wildman–Crippen MR) is 105 cm³/mol. The second-order valence-electron chi connectivity index (χ2n) is 5.95. The molecule has 6 heteroatoms. The minimum atomic E-state index is -0.223. The van der Waals surface area contributed by atoms with Crippen molar-refractivity contribution in [1.82, 2.24) is 5.32 Å². The zero-order valence-electron chi connectivity index (χ0n) is 14.3. The van der Waals surface area contributed by atoms with E-state index in [1.54, 1.807) is 30.5 Å². The predicted octanol–water partition coefficient (Wildman–Crippen LogP) is 4.29. The molecule has 2 N–H and O–H groups in total. The van der Waals surface area contributed by atoms with Gasteiger partial charge in [0.2, 0.25) is 0 Å². The summed E-state index contributed by atoms with van der Waals surface area (Å²) in [6, 6.07) is 18.5. The van der Waals surface area contributed by atoms with E-state index in [-0.39, 0.29) is 11.8 Å². The topological polar surface area (TPSA) is 71.3 Å². The van der Waals surface area contributed by atoms with Crippen molar-refractivity contribution >= 4 is 35.3 Å². The van der Waals surface area contributed by atoms with E-state index in [0.29, 0.717) is 28.5 Å². The average molecular weight is 376 g/mol. The third-order valence-electron chi connectivity index (χ3n) is 4.03. The van der Waals surface area contributed by atoms with Crippen LogP contribution >= 0.6 is 11.8 Å². The molecule has 1 aliphatic heterocycles. The molecule has 0 spiro atoms. The number of nitrogens with one attached hydrogen (secondary N) is 2. The van der Waals surface area contributed by atoms with Crippen LogP contribution in [-0.2, 0) is 11.3 Å². The fourth-order valence-electron chi connectivity index (χ4n) is 2.68. The Balaban J connectivity index is 1.50. The third kappa shape index (κ3) is 3.96. The van der Waals surface area contributed by atoms with Crippen molar-refractivity contribution in [3.8, 4) is 0 Å². The molecule has 0 radical (unpaired) electrons. The molecule has 1 aromatic heterocycles. The number of fused-ring (bicyclic) bond motifs is 1. The Morgan fingerprint density at radius 3 is 2.74 bits per heavy atom. The number of hydrogen-bond acceptors (Lipinski definition) is 4. The molecule has 4 rings (SSSR count).